The highest BCUT2D eigenvalue weighted by atomic mass is 16.2. The summed E-state index contributed by atoms with van der Waals surface area (Å²) in [4.78, 5) is 27.5. The molecule has 1 fully saturated rings. The summed E-state index contributed by atoms with van der Waals surface area (Å²) in [6.07, 6.45) is 2.07. The third-order valence-corrected chi connectivity index (χ3v) is 4.29. The molecule has 1 aliphatic rings. The molecule has 6 heteroatoms. The molecule has 0 bridgehead atoms. The van der Waals surface area contributed by atoms with E-state index in [0.717, 1.165) is 32.5 Å². The van der Waals surface area contributed by atoms with Crippen LogP contribution in [0.4, 0.5) is 0 Å². The topological polar surface area (TPSA) is 78.7 Å². The number of hydrogen-bond donors (Lipinski definition) is 2. The molecule has 6 nitrogen and oxygen atoms in total. The molecule has 0 saturated carbocycles. The Morgan fingerprint density at radius 1 is 1.35 bits per heavy atom. The van der Waals surface area contributed by atoms with Gasteiger partial charge in [-0.05, 0) is 24.9 Å². The standard InChI is InChI=1S/C17H26N4O2/c1-20(17(23)11-19-16(22)10-18)15-8-5-9-21(13-15)12-14-6-3-2-4-7-14/h2-4,6-7,15H,5,8-13,18H2,1H3,(H,19,22). The van der Waals surface area contributed by atoms with E-state index >= 15 is 0 Å². The van der Waals surface area contributed by atoms with Gasteiger partial charge in [0.05, 0.1) is 13.1 Å². The van der Waals surface area contributed by atoms with E-state index in [2.05, 4.69) is 22.3 Å². The maximum atomic E-state index is 12.2. The van der Waals surface area contributed by atoms with Crippen molar-refractivity contribution in [2.45, 2.75) is 25.4 Å². The summed E-state index contributed by atoms with van der Waals surface area (Å²) in [5, 5.41) is 2.53. The molecule has 1 aliphatic heterocycles. The zero-order valence-electron chi connectivity index (χ0n) is 13.7. The summed E-state index contributed by atoms with van der Waals surface area (Å²) >= 11 is 0. The zero-order chi connectivity index (χ0) is 16.7. The van der Waals surface area contributed by atoms with Crippen molar-refractivity contribution in [3.8, 4) is 0 Å². The lowest BCUT2D eigenvalue weighted by molar-refractivity contribution is -0.134. The molecule has 2 rings (SSSR count). The first-order valence-electron chi connectivity index (χ1n) is 8.09. The molecule has 1 aromatic carbocycles. The predicted octanol–water partition coefficient (Wildman–Crippen LogP) is 0.184. The minimum absolute atomic E-state index is 0.0156. The average molecular weight is 318 g/mol. The summed E-state index contributed by atoms with van der Waals surface area (Å²) in [6, 6.07) is 10.6. The molecular weight excluding hydrogens is 292 g/mol. The number of hydrogen-bond acceptors (Lipinski definition) is 4. The number of carbonyl (C=O) groups excluding carboxylic acids is 2. The normalized spacial score (nSPS) is 18.4. The third kappa shape index (κ3) is 5.33. The number of nitrogens with two attached hydrogens (primary N) is 1. The minimum atomic E-state index is -0.305. The van der Waals surface area contributed by atoms with Gasteiger partial charge in [0.25, 0.3) is 0 Å². The Morgan fingerprint density at radius 3 is 2.78 bits per heavy atom. The highest BCUT2D eigenvalue weighted by Gasteiger charge is 2.26. The fourth-order valence-corrected chi connectivity index (χ4v) is 2.91. The fraction of sp³-hybridized carbons (Fsp3) is 0.529. The van der Waals surface area contributed by atoms with E-state index in [9.17, 15) is 9.59 Å². The monoisotopic (exact) mass is 318 g/mol. The first-order chi connectivity index (χ1) is 11.1. The molecule has 0 aliphatic carbocycles. The molecule has 0 aromatic heterocycles. The van der Waals surface area contributed by atoms with Crippen LogP contribution in [-0.4, -0.2) is 60.9 Å². The van der Waals surface area contributed by atoms with Crippen LogP contribution in [0.5, 0.6) is 0 Å². The van der Waals surface area contributed by atoms with Crippen molar-refractivity contribution in [2.24, 2.45) is 5.73 Å². The van der Waals surface area contributed by atoms with E-state index in [1.54, 1.807) is 4.90 Å². The third-order valence-electron chi connectivity index (χ3n) is 4.29. The second kappa shape index (κ2) is 8.64. The van der Waals surface area contributed by atoms with Crippen molar-refractivity contribution < 1.29 is 9.59 Å². The van der Waals surface area contributed by atoms with Crippen molar-refractivity contribution in [2.75, 3.05) is 33.2 Å². The molecule has 126 valence electrons. The quantitative estimate of drug-likeness (QED) is 0.784. The molecular formula is C17H26N4O2. The van der Waals surface area contributed by atoms with Crippen molar-refractivity contribution in [1.29, 1.82) is 0 Å². The highest BCUT2D eigenvalue weighted by molar-refractivity contribution is 5.85. The number of amides is 2. The van der Waals surface area contributed by atoms with Crippen molar-refractivity contribution >= 4 is 11.8 Å². The molecule has 1 unspecified atom stereocenters. The number of rotatable bonds is 6. The summed E-state index contributed by atoms with van der Waals surface area (Å²) in [6.45, 7) is 2.75. The van der Waals surface area contributed by atoms with Gasteiger partial charge in [-0.1, -0.05) is 30.3 Å². The first-order valence-corrected chi connectivity index (χ1v) is 8.09. The van der Waals surface area contributed by atoms with Crippen LogP contribution in [0.3, 0.4) is 0 Å². The lowest BCUT2D eigenvalue weighted by Crippen LogP contribution is -2.50. The second-order valence-electron chi connectivity index (χ2n) is 6.00. The first kappa shape index (κ1) is 17.4. The van der Waals surface area contributed by atoms with Crippen LogP contribution < -0.4 is 11.1 Å². The van der Waals surface area contributed by atoms with E-state index in [4.69, 9.17) is 5.73 Å². The molecule has 1 aromatic rings. The van der Waals surface area contributed by atoms with Gasteiger partial charge in [-0.15, -0.1) is 0 Å². The average Bonchev–Trinajstić information content (AvgIpc) is 2.59. The van der Waals surface area contributed by atoms with Crippen LogP contribution in [0.2, 0.25) is 0 Å². The minimum Gasteiger partial charge on any atom is -0.346 e. The number of nitrogens with zero attached hydrogens (tertiary/aromatic N) is 2. The van der Waals surface area contributed by atoms with Crippen LogP contribution in [0.1, 0.15) is 18.4 Å². The van der Waals surface area contributed by atoms with Gasteiger partial charge >= 0.3 is 0 Å². The predicted molar refractivity (Wildman–Crippen MR) is 89.6 cm³/mol. The van der Waals surface area contributed by atoms with Crippen molar-refractivity contribution in [3.63, 3.8) is 0 Å². The van der Waals surface area contributed by atoms with Gasteiger partial charge in [0.2, 0.25) is 11.8 Å². The van der Waals surface area contributed by atoms with E-state index in [-0.39, 0.29) is 30.9 Å². The lowest BCUT2D eigenvalue weighted by Gasteiger charge is -2.37. The van der Waals surface area contributed by atoms with Gasteiger partial charge in [-0.3, -0.25) is 14.5 Å². The fourth-order valence-electron chi connectivity index (χ4n) is 2.91. The molecule has 3 N–H and O–H groups in total. The van der Waals surface area contributed by atoms with E-state index in [1.165, 1.54) is 5.56 Å². The number of piperidine rings is 1. The maximum absolute atomic E-state index is 12.2. The number of carbonyl (C=O) groups is 2. The largest absolute Gasteiger partial charge is 0.346 e. The molecule has 1 saturated heterocycles. The van der Waals surface area contributed by atoms with Crippen molar-refractivity contribution in [3.05, 3.63) is 35.9 Å². The van der Waals surface area contributed by atoms with Gasteiger partial charge in [0, 0.05) is 26.2 Å². The summed E-state index contributed by atoms with van der Waals surface area (Å²) in [5.41, 5.74) is 6.51. The van der Waals surface area contributed by atoms with Crippen LogP contribution in [-0.2, 0) is 16.1 Å². The Morgan fingerprint density at radius 2 is 2.09 bits per heavy atom. The molecule has 0 spiro atoms. The molecule has 0 radical (unpaired) electrons. The molecule has 2 amide bonds. The van der Waals surface area contributed by atoms with E-state index in [0.29, 0.717) is 0 Å². The van der Waals surface area contributed by atoms with E-state index in [1.807, 2.05) is 25.2 Å². The summed E-state index contributed by atoms with van der Waals surface area (Å²) < 4.78 is 0. The van der Waals surface area contributed by atoms with Crippen LogP contribution in [0.15, 0.2) is 30.3 Å². The number of likely N-dealkylation sites (tertiary alicyclic amines) is 1. The Balaban J connectivity index is 1.84. The Labute approximate surface area is 137 Å². The summed E-state index contributed by atoms with van der Waals surface area (Å²) in [7, 11) is 1.81. The highest BCUT2D eigenvalue weighted by Crippen LogP contribution is 2.17. The molecule has 1 heterocycles. The van der Waals surface area contributed by atoms with Crippen molar-refractivity contribution in [1.82, 2.24) is 15.1 Å². The van der Waals surface area contributed by atoms with Crippen LogP contribution >= 0.6 is 0 Å². The number of benzene rings is 1. The van der Waals surface area contributed by atoms with E-state index < -0.39 is 0 Å². The molecule has 1 atom stereocenters. The Hall–Kier alpha value is -1.92. The smallest absolute Gasteiger partial charge is 0.242 e. The summed E-state index contributed by atoms with van der Waals surface area (Å²) in [5.74, 6) is -0.376. The number of nitrogens with one attached hydrogen (secondary N) is 1. The second-order valence-corrected chi connectivity index (χ2v) is 6.00. The van der Waals surface area contributed by atoms with Crippen LogP contribution in [0, 0.1) is 0 Å². The maximum Gasteiger partial charge on any atom is 0.242 e. The number of likely N-dealkylation sites (N-methyl/N-ethyl adjacent to an activating group) is 1. The van der Waals surface area contributed by atoms with Gasteiger partial charge < -0.3 is 16.0 Å². The van der Waals surface area contributed by atoms with Gasteiger partial charge in [0.15, 0.2) is 0 Å². The Bertz CT molecular complexity index is 521. The lowest BCUT2D eigenvalue weighted by atomic mass is 10.0. The van der Waals surface area contributed by atoms with Gasteiger partial charge in [-0.25, -0.2) is 0 Å². The Kier molecular flexibility index (Phi) is 6.55. The van der Waals surface area contributed by atoms with Gasteiger partial charge in [0.1, 0.15) is 0 Å². The zero-order valence-corrected chi connectivity index (χ0v) is 13.7. The SMILES string of the molecule is CN(C(=O)CNC(=O)CN)C1CCCN(Cc2ccccc2)C1. The molecule has 23 heavy (non-hydrogen) atoms. The van der Waals surface area contributed by atoms with Crippen LogP contribution in [0.25, 0.3) is 0 Å². The van der Waals surface area contributed by atoms with Gasteiger partial charge in [-0.2, -0.15) is 0 Å².